The molecule has 0 bridgehead atoms. The lowest BCUT2D eigenvalue weighted by Gasteiger charge is -2.09. The number of hydrogen-bond acceptors (Lipinski definition) is 3. The molecule has 26 heavy (non-hydrogen) atoms. The Kier molecular flexibility index (Phi) is 4.98. The monoisotopic (exact) mass is 347 g/mol. The minimum atomic E-state index is -0.516. The third-order valence-corrected chi connectivity index (χ3v) is 4.40. The minimum absolute atomic E-state index is 0.134. The largest absolute Gasteiger partial charge is 0.320 e. The van der Waals surface area contributed by atoms with E-state index in [2.05, 4.69) is 17.3 Å². The summed E-state index contributed by atoms with van der Waals surface area (Å²) in [7, 11) is 0. The Balaban J connectivity index is 1.90. The maximum absolute atomic E-state index is 12.5. The summed E-state index contributed by atoms with van der Waals surface area (Å²) in [4.78, 5) is 24.6. The first-order chi connectivity index (χ1) is 12.5. The van der Waals surface area contributed by atoms with Gasteiger partial charge in [0.25, 0.3) is 5.91 Å². The predicted molar refractivity (Wildman–Crippen MR) is 103 cm³/mol. The fourth-order valence-corrected chi connectivity index (χ4v) is 2.60. The van der Waals surface area contributed by atoms with Gasteiger partial charge in [-0.1, -0.05) is 25.1 Å². The number of hydrogen-bond donors (Lipinski definition) is 1. The van der Waals surface area contributed by atoms with Crippen molar-refractivity contribution in [2.45, 2.75) is 27.2 Å². The number of nitrogens with zero attached hydrogens (tertiary/aromatic N) is 2. The molecule has 0 aliphatic rings. The van der Waals surface area contributed by atoms with Gasteiger partial charge in [0, 0.05) is 18.0 Å². The molecule has 0 spiro atoms. The first kappa shape index (κ1) is 17.6. The van der Waals surface area contributed by atoms with Gasteiger partial charge in [-0.25, -0.2) is 4.68 Å². The molecule has 3 aromatic rings. The molecular formula is C21H21N3O2. The third-order valence-electron chi connectivity index (χ3n) is 4.40. The van der Waals surface area contributed by atoms with Crippen LogP contribution in [0.2, 0.25) is 0 Å². The van der Waals surface area contributed by atoms with Gasteiger partial charge >= 0.3 is 0 Å². The molecule has 1 amide bonds. The van der Waals surface area contributed by atoms with Crippen molar-refractivity contribution in [3.63, 3.8) is 0 Å². The van der Waals surface area contributed by atoms with Crippen LogP contribution in [0.3, 0.4) is 0 Å². The van der Waals surface area contributed by atoms with Crippen molar-refractivity contribution in [2.24, 2.45) is 0 Å². The highest BCUT2D eigenvalue weighted by Gasteiger charge is 2.14. The highest BCUT2D eigenvalue weighted by atomic mass is 16.2. The summed E-state index contributed by atoms with van der Waals surface area (Å²) >= 11 is 0. The fraction of sp³-hybridized carbons (Fsp3) is 0.190. The van der Waals surface area contributed by atoms with E-state index < -0.39 is 11.3 Å². The van der Waals surface area contributed by atoms with Gasteiger partial charge in [0.1, 0.15) is 0 Å². The Morgan fingerprint density at radius 1 is 1.04 bits per heavy atom. The molecule has 2 aromatic carbocycles. The van der Waals surface area contributed by atoms with Crippen molar-refractivity contribution in [3.8, 4) is 5.69 Å². The van der Waals surface area contributed by atoms with E-state index in [0.717, 1.165) is 23.2 Å². The van der Waals surface area contributed by atoms with Crippen molar-refractivity contribution in [1.29, 1.82) is 0 Å². The molecule has 0 saturated carbocycles. The molecule has 5 heteroatoms. The zero-order valence-electron chi connectivity index (χ0n) is 15.1. The summed E-state index contributed by atoms with van der Waals surface area (Å²) in [6.07, 6.45) is 2.51. The molecule has 0 fully saturated rings. The summed E-state index contributed by atoms with van der Waals surface area (Å²) in [6.45, 7) is 6.06. The van der Waals surface area contributed by atoms with Crippen molar-refractivity contribution >= 4 is 11.6 Å². The van der Waals surface area contributed by atoms with Gasteiger partial charge in [0.15, 0.2) is 5.69 Å². The number of anilines is 1. The number of carbonyl (C=O) groups excluding carboxylic acids is 1. The Bertz CT molecular complexity index is 1000. The number of rotatable bonds is 4. The molecule has 3 rings (SSSR count). The minimum Gasteiger partial charge on any atom is -0.320 e. The van der Waals surface area contributed by atoms with Crippen molar-refractivity contribution in [1.82, 2.24) is 9.78 Å². The molecule has 0 radical (unpaired) electrons. The molecule has 1 heterocycles. The zero-order valence-corrected chi connectivity index (χ0v) is 15.1. The standard InChI is InChI=1S/C21H21N3O2/c1-4-16-6-9-18(10-7-16)24-12-11-19(25)20(23-24)21(26)22-17-8-5-14(2)15(3)13-17/h5-13H,4H2,1-3H3,(H,22,26). The van der Waals surface area contributed by atoms with Gasteiger partial charge in [0.05, 0.1) is 5.69 Å². The molecule has 1 aromatic heterocycles. The number of aryl methyl sites for hydroxylation is 3. The quantitative estimate of drug-likeness (QED) is 0.783. The summed E-state index contributed by atoms with van der Waals surface area (Å²) < 4.78 is 1.54. The molecule has 0 unspecified atom stereocenters. The van der Waals surface area contributed by atoms with Crippen LogP contribution in [0, 0.1) is 13.8 Å². The van der Waals surface area contributed by atoms with E-state index in [1.165, 1.54) is 16.3 Å². The Morgan fingerprint density at radius 3 is 2.42 bits per heavy atom. The molecule has 0 aliphatic carbocycles. The first-order valence-electron chi connectivity index (χ1n) is 8.56. The second-order valence-electron chi connectivity index (χ2n) is 6.25. The Labute approximate surface area is 152 Å². The van der Waals surface area contributed by atoms with Gasteiger partial charge in [-0.05, 0) is 61.2 Å². The maximum Gasteiger partial charge on any atom is 0.280 e. The predicted octanol–water partition coefficient (Wildman–Crippen LogP) is 3.66. The molecule has 0 aliphatic heterocycles. The van der Waals surface area contributed by atoms with E-state index in [0.29, 0.717) is 5.69 Å². The van der Waals surface area contributed by atoms with E-state index in [1.807, 2.05) is 56.3 Å². The lowest BCUT2D eigenvalue weighted by Crippen LogP contribution is -2.25. The van der Waals surface area contributed by atoms with Crippen molar-refractivity contribution in [2.75, 3.05) is 5.32 Å². The van der Waals surface area contributed by atoms with E-state index in [4.69, 9.17) is 0 Å². The highest BCUT2D eigenvalue weighted by molar-refractivity contribution is 6.02. The second kappa shape index (κ2) is 7.35. The van der Waals surface area contributed by atoms with Crippen LogP contribution in [0.25, 0.3) is 5.69 Å². The highest BCUT2D eigenvalue weighted by Crippen LogP contribution is 2.15. The van der Waals surface area contributed by atoms with Gasteiger partial charge in [0.2, 0.25) is 5.43 Å². The molecule has 132 valence electrons. The van der Waals surface area contributed by atoms with E-state index in [-0.39, 0.29) is 5.69 Å². The molecule has 5 nitrogen and oxygen atoms in total. The average Bonchev–Trinajstić information content (AvgIpc) is 2.65. The fourth-order valence-electron chi connectivity index (χ4n) is 2.60. The molecule has 0 saturated heterocycles. The van der Waals surface area contributed by atoms with E-state index >= 15 is 0 Å². The van der Waals surface area contributed by atoms with Crippen LogP contribution >= 0.6 is 0 Å². The van der Waals surface area contributed by atoms with E-state index in [1.54, 1.807) is 6.20 Å². The number of amides is 1. The molecule has 1 N–H and O–H groups in total. The second-order valence-corrected chi connectivity index (χ2v) is 6.25. The summed E-state index contributed by atoms with van der Waals surface area (Å²) in [5.74, 6) is -0.516. The summed E-state index contributed by atoms with van der Waals surface area (Å²) in [5.41, 5.74) is 4.31. The SMILES string of the molecule is CCc1ccc(-n2ccc(=O)c(C(=O)Nc3ccc(C)c(C)c3)n2)cc1. The van der Waals surface area contributed by atoms with Gasteiger partial charge in [-0.3, -0.25) is 9.59 Å². The van der Waals surface area contributed by atoms with Crippen LogP contribution in [-0.2, 0) is 6.42 Å². The van der Waals surface area contributed by atoms with Crippen molar-refractivity contribution < 1.29 is 4.79 Å². The average molecular weight is 347 g/mol. The number of carbonyl (C=O) groups is 1. The number of nitrogens with one attached hydrogen (secondary N) is 1. The van der Waals surface area contributed by atoms with Crippen LogP contribution in [0.4, 0.5) is 5.69 Å². The Morgan fingerprint density at radius 2 is 1.77 bits per heavy atom. The lowest BCUT2D eigenvalue weighted by molar-refractivity contribution is 0.101. The van der Waals surface area contributed by atoms with Crippen LogP contribution in [0.1, 0.15) is 34.1 Å². The normalized spacial score (nSPS) is 10.6. The van der Waals surface area contributed by atoms with Crippen LogP contribution in [0.15, 0.2) is 59.5 Å². The lowest BCUT2D eigenvalue weighted by atomic mass is 10.1. The van der Waals surface area contributed by atoms with Crippen LogP contribution in [-0.4, -0.2) is 15.7 Å². The zero-order chi connectivity index (χ0) is 18.7. The topological polar surface area (TPSA) is 64.0 Å². The Hall–Kier alpha value is -3.21. The van der Waals surface area contributed by atoms with Crippen LogP contribution in [0.5, 0.6) is 0 Å². The maximum atomic E-state index is 12.5. The number of benzene rings is 2. The molecular weight excluding hydrogens is 326 g/mol. The summed E-state index contributed by atoms with van der Waals surface area (Å²) in [5, 5.41) is 6.98. The third kappa shape index (κ3) is 3.72. The van der Waals surface area contributed by atoms with E-state index in [9.17, 15) is 9.59 Å². The van der Waals surface area contributed by atoms with Gasteiger partial charge in [-0.2, -0.15) is 5.10 Å². The first-order valence-corrected chi connectivity index (χ1v) is 8.56. The van der Waals surface area contributed by atoms with Crippen molar-refractivity contribution in [3.05, 3.63) is 87.3 Å². The smallest absolute Gasteiger partial charge is 0.280 e. The van der Waals surface area contributed by atoms with Gasteiger partial charge < -0.3 is 5.32 Å². The number of aromatic nitrogens is 2. The summed E-state index contributed by atoms with van der Waals surface area (Å²) in [6, 6.07) is 14.8. The van der Waals surface area contributed by atoms with Crippen LogP contribution < -0.4 is 10.7 Å². The van der Waals surface area contributed by atoms with Gasteiger partial charge in [-0.15, -0.1) is 0 Å². The molecule has 0 atom stereocenters.